The maximum Gasteiger partial charge on any atom is 0.269 e. The number of hydrogen-bond acceptors (Lipinski definition) is 4. The summed E-state index contributed by atoms with van der Waals surface area (Å²) in [5.74, 6) is 1.05. The molecule has 0 radical (unpaired) electrons. The SMILES string of the molecule is CC/C(=C(/c1ccc(O)cc1)c1ccc(OCC[N+](C)(C)Cc2ccc([N+](=O)[O-])cc2)cc1)c1ccccc1. The predicted octanol–water partition coefficient (Wildman–Crippen LogP) is 7.32. The van der Waals surface area contributed by atoms with Crippen molar-refractivity contribution >= 4 is 16.8 Å². The minimum atomic E-state index is -0.378. The first-order valence-corrected chi connectivity index (χ1v) is 13.1. The number of aromatic hydroxyl groups is 1. The highest BCUT2D eigenvalue weighted by molar-refractivity contribution is 5.98. The maximum absolute atomic E-state index is 10.9. The molecule has 0 unspecified atom stereocenters. The quantitative estimate of drug-likeness (QED) is 0.0967. The Hall–Kier alpha value is -4.42. The molecule has 6 heteroatoms. The normalized spacial score (nSPS) is 12.1. The molecule has 0 fully saturated rings. The van der Waals surface area contributed by atoms with Crippen molar-refractivity contribution in [2.24, 2.45) is 0 Å². The van der Waals surface area contributed by atoms with E-state index in [2.05, 4.69) is 57.4 Å². The lowest BCUT2D eigenvalue weighted by Gasteiger charge is -2.29. The molecule has 0 aliphatic rings. The van der Waals surface area contributed by atoms with Crippen molar-refractivity contribution in [1.29, 1.82) is 0 Å². The van der Waals surface area contributed by atoms with Gasteiger partial charge in [-0.25, -0.2) is 0 Å². The summed E-state index contributed by atoms with van der Waals surface area (Å²) in [6, 6.07) is 32.7. The number of non-ortho nitro benzene ring substituents is 1. The summed E-state index contributed by atoms with van der Waals surface area (Å²) in [5.41, 5.74) is 6.84. The fraction of sp³-hybridized carbons (Fsp3) is 0.212. The summed E-state index contributed by atoms with van der Waals surface area (Å²) in [4.78, 5) is 10.5. The van der Waals surface area contributed by atoms with Crippen LogP contribution in [0.3, 0.4) is 0 Å². The van der Waals surface area contributed by atoms with Crippen molar-refractivity contribution in [3.05, 3.63) is 135 Å². The number of phenolic OH excluding ortho intramolecular Hbond substituents is 1. The standard InChI is InChI=1S/C33H34N2O4/c1-4-32(26-8-6-5-7-9-26)33(27-12-18-30(36)19-13-27)28-14-20-31(21-15-28)39-23-22-35(2,3)24-25-10-16-29(17-11-25)34(37)38/h5-21H,4,22-24H2,1-3H3/p+1/b33-32+. The lowest BCUT2D eigenvalue weighted by atomic mass is 9.88. The molecular formula is C33H35N2O4+. The molecule has 0 bridgehead atoms. The number of likely N-dealkylation sites (N-methyl/N-ethyl adjacent to an activating group) is 1. The monoisotopic (exact) mass is 523 g/mol. The Bertz CT molecular complexity index is 1410. The van der Waals surface area contributed by atoms with Crippen LogP contribution in [0.15, 0.2) is 103 Å². The lowest BCUT2D eigenvalue weighted by molar-refractivity contribution is -0.903. The number of phenols is 1. The molecule has 4 aromatic rings. The van der Waals surface area contributed by atoms with Gasteiger partial charge in [-0.1, -0.05) is 61.5 Å². The molecule has 0 aliphatic carbocycles. The van der Waals surface area contributed by atoms with Crippen molar-refractivity contribution in [3.63, 3.8) is 0 Å². The van der Waals surface area contributed by atoms with Crippen molar-refractivity contribution in [2.75, 3.05) is 27.2 Å². The van der Waals surface area contributed by atoms with Crippen molar-refractivity contribution < 1.29 is 19.2 Å². The van der Waals surface area contributed by atoms with Crippen molar-refractivity contribution in [3.8, 4) is 11.5 Å². The van der Waals surface area contributed by atoms with Crippen LogP contribution in [0.5, 0.6) is 11.5 Å². The number of rotatable bonds is 11. The average Bonchev–Trinajstić information content (AvgIpc) is 2.93. The van der Waals surface area contributed by atoms with Crippen molar-refractivity contribution in [1.82, 2.24) is 0 Å². The Morgan fingerprint density at radius 3 is 1.97 bits per heavy atom. The van der Waals surface area contributed by atoms with E-state index in [1.807, 2.05) is 42.5 Å². The van der Waals surface area contributed by atoms with Gasteiger partial charge in [-0.2, -0.15) is 0 Å². The number of nitrogens with zero attached hydrogens (tertiary/aromatic N) is 2. The third kappa shape index (κ3) is 7.33. The molecule has 4 rings (SSSR count). The fourth-order valence-corrected chi connectivity index (χ4v) is 4.73. The molecule has 0 spiro atoms. The molecule has 0 saturated heterocycles. The zero-order chi connectivity index (χ0) is 27.8. The first-order valence-electron chi connectivity index (χ1n) is 13.1. The predicted molar refractivity (Wildman–Crippen MR) is 156 cm³/mol. The van der Waals surface area contributed by atoms with E-state index in [9.17, 15) is 15.2 Å². The number of nitro benzene ring substituents is 1. The topological polar surface area (TPSA) is 72.6 Å². The van der Waals surface area contributed by atoms with Crippen molar-refractivity contribution in [2.45, 2.75) is 19.9 Å². The smallest absolute Gasteiger partial charge is 0.269 e. The van der Waals surface area contributed by atoms with Crippen LogP contribution in [0, 0.1) is 10.1 Å². The van der Waals surface area contributed by atoms with Crippen LogP contribution in [-0.2, 0) is 6.54 Å². The molecule has 0 aromatic heterocycles. The van der Waals surface area contributed by atoms with Gasteiger partial charge in [0.15, 0.2) is 0 Å². The van der Waals surface area contributed by atoms with Gasteiger partial charge in [0, 0.05) is 17.7 Å². The molecule has 1 N–H and O–H groups in total. The second kappa shape index (κ2) is 12.4. The minimum absolute atomic E-state index is 0.106. The van der Waals surface area contributed by atoms with Gasteiger partial charge in [0.05, 0.1) is 19.0 Å². The second-order valence-corrected chi connectivity index (χ2v) is 10.2. The Morgan fingerprint density at radius 1 is 0.821 bits per heavy atom. The number of quaternary nitrogens is 1. The Labute approximate surface area is 230 Å². The third-order valence-corrected chi connectivity index (χ3v) is 6.80. The minimum Gasteiger partial charge on any atom is -0.508 e. The Balaban J connectivity index is 1.48. The van der Waals surface area contributed by atoms with Gasteiger partial charge in [0.1, 0.15) is 31.2 Å². The summed E-state index contributed by atoms with van der Waals surface area (Å²) in [7, 11) is 4.25. The Kier molecular flexibility index (Phi) is 8.79. The lowest BCUT2D eigenvalue weighted by Crippen LogP contribution is -2.41. The zero-order valence-corrected chi connectivity index (χ0v) is 22.7. The molecule has 0 saturated carbocycles. The number of hydrogen-bond donors (Lipinski definition) is 1. The van der Waals surface area contributed by atoms with E-state index in [1.54, 1.807) is 24.3 Å². The van der Waals surface area contributed by atoms with Crippen LogP contribution in [0.2, 0.25) is 0 Å². The zero-order valence-electron chi connectivity index (χ0n) is 22.7. The highest BCUT2D eigenvalue weighted by Crippen LogP contribution is 2.35. The van der Waals surface area contributed by atoms with Crippen LogP contribution >= 0.6 is 0 Å². The summed E-state index contributed by atoms with van der Waals surface area (Å²) in [6.07, 6.45) is 0.861. The van der Waals surface area contributed by atoms with Gasteiger partial charge in [-0.3, -0.25) is 10.1 Å². The molecule has 0 atom stereocenters. The van der Waals surface area contributed by atoms with Crippen LogP contribution < -0.4 is 4.74 Å². The molecule has 200 valence electrons. The Morgan fingerprint density at radius 2 is 1.41 bits per heavy atom. The third-order valence-electron chi connectivity index (χ3n) is 6.80. The van der Waals surface area contributed by atoms with E-state index in [4.69, 9.17) is 4.74 Å². The van der Waals surface area contributed by atoms with Gasteiger partial charge in [0.25, 0.3) is 5.69 Å². The van der Waals surface area contributed by atoms with Gasteiger partial charge in [-0.05, 0) is 70.7 Å². The largest absolute Gasteiger partial charge is 0.508 e. The molecule has 0 heterocycles. The molecule has 6 nitrogen and oxygen atoms in total. The van der Waals surface area contributed by atoms with Gasteiger partial charge in [0.2, 0.25) is 0 Å². The molecule has 0 amide bonds. The van der Waals surface area contributed by atoms with E-state index >= 15 is 0 Å². The van der Waals surface area contributed by atoms with Gasteiger partial charge >= 0.3 is 0 Å². The first-order chi connectivity index (χ1) is 18.8. The van der Waals surface area contributed by atoms with Crippen LogP contribution in [0.4, 0.5) is 5.69 Å². The average molecular weight is 524 g/mol. The van der Waals surface area contributed by atoms with Gasteiger partial charge < -0.3 is 14.3 Å². The van der Waals surface area contributed by atoms with E-state index in [0.717, 1.165) is 47.5 Å². The molecule has 4 aromatic carbocycles. The summed E-state index contributed by atoms with van der Waals surface area (Å²) in [6.45, 7) is 4.24. The van der Waals surface area contributed by atoms with Gasteiger partial charge in [-0.15, -0.1) is 0 Å². The first kappa shape index (κ1) is 27.6. The summed E-state index contributed by atoms with van der Waals surface area (Å²) >= 11 is 0. The van der Waals surface area contributed by atoms with Crippen LogP contribution in [0.1, 0.15) is 35.6 Å². The maximum atomic E-state index is 10.9. The van der Waals surface area contributed by atoms with Crippen LogP contribution in [0.25, 0.3) is 11.1 Å². The van der Waals surface area contributed by atoms with E-state index in [1.165, 1.54) is 11.1 Å². The fourth-order valence-electron chi connectivity index (χ4n) is 4.73. The van der Waals surface area contributed by atoms with Crippen LogP contribution in [-0.4, -0.2) is 41.8 Å². The van der Waals surface area contributed by atoms with E-state index < -0.39 is 0 Å². The summed E-state index contributed by atoms with van der Waals surface area (Å²) < 4.78 is 6.80. The highest BCUT2D eigenvalue weighted by atomic mass is 16.6. The second-order valence-electron chi connectivity index (χ2n) is 10.2. The molecule has 0 aliphatic heterocycles. The number of allylic oxidation sites excluding steroid dienone is 1. The number of ether oxygens (including phenoxy) is 1. The summed E-state index contributed by atoms with van der Waals surface area (Å²) in [5, 5.41) is 20.8. The highest BCUT2D eigenvalue weighted by Gasteiger charge is 2.18. The van der Waals surface area contributed by atoms with E-state index in [-0.39, 0.29) is 16.4 Å². The molecular weight excluding hydrogens is 488 g/mol. The number of nitro groups is 1. The molecule has 39 heavy (non-hydrogen) atoms. The van der Waals surface area contributed by atoms with E-state index in [0.29, 0.717) is 11.1 Å². The number of benzene rings is 4.